The van der Waals surface area contributed by atoms with Gasteiger partial charge in [-0.15, -0.1) is 12.4 Å². The first-order chi connectivity index (χ1) is 11.2. The van der Waals surface area contributed by atoms with Crippen LogP contribution in [0.2, 0.25) is 0 Å². The molecule has 1 heterocycles. The number of halogens is 2. The van der Waals surface area contributed by atoms with Crippen molar-refractivity contribution in [2.75, 3.05) is 0 Å². The second kappa shape index (κ2) is 7.30. The van der Waals surface area contributed by atoms with E-state index in [1.54, 1.807) is 0 Å². The Hall–Kier alpha value is -1.29. The number of aromatic amines is 1. The Morgan fingerprint density at radius 2 is 1.96 bits per heavy atom. The van der Waals surface area contributed by atoms with Gasteiger partial charge in [0.05, 0.1) is 0 Å². The summed E-state index contributed by atoms with van der Waals surface area (Å²) in [6.45, 7) is 2.25. The molecule has 126 valence electrons. The predicted molar refractivity (Wildman–Crippen MR) is 107 cm³/mol. The lowest BCUT2D eigenvalue weighted by Crippen LogP contribution is -2.27. The lowest BCUT2D eigenvalue weighted by Gasteiger charge is -2.27. The van der Waals surface area contributed by atoms with Gasteiger partial charge >= 0.3 is 0 Å². The van der Waals surface area contributed by atoms with E-state index < -0.39 is 0 Å². The average Bonchev–Trinajstić information content (AvgIpc) is 2.95. The molecule has 2 nitrogen and oxygen atoms in total. The Kier molecular flexibility index (Phi) is 5.33. The van der Waals surface area contributed by atoms with Crippen molar-refractivity contribution >= 4 is 39.2 Å². The van der Waals surface area contributed by atoms with Crippen LogP contribution in [0.5, 0.6) is 0 Å². The largest absolute Gasteiger partial charge is 0.357 e. The molecule has 1 aromatic heterocycles. The Balaban J connectivity index is 0.00000169. The third-order valence-corrected chi connectivity index (χ3v) is 5.41. The van der Waals surface area contributed by atoms with Crippen molar-refractivity contribution in [1.82, 2.24) is 10.3 Å². The molecule has 3 aromatic rings. The van der Waals surface area contributed by atoms with Crippen molar-refractivity contribution in [2.24, 2.45) is 0 Å². The Morgan fingerprint density at radius 1 is 1.17 bits per heavy atom. The van der Waals surface area contributed by atoms with E-state index in [2.05, 4.69) is 81.7 Å². The fourth-order valence-electron chi connectivity index (χ4n) is 3.74. The van der Waals surface area contributed by atoms with E-state index in [4.69, 9.17) is 0 Å². The van der Waals surface area contributed by atoms with Gasteiger partial charge in [0.15, 0.2) is 0 Å². The second-order valence-electron chi connectivity index (χ2n) is 6.45. The average molecular weight is 406 g/mol. The molecule has 0 aliphatic heterocycles. The zero-order valence-electron chi connectivity index (χ0n) is 13.7. The van der Waals surface area contributed by atoms with Crippen LogP contribution in [0.25, 0.3) is 10.9 Å². The van der Waals surface area contributed by atoms with E-state index in [1.165, 1.54) is 47.0 Å². The summed E-state index contributed by atoms with van der Waals surface area (Å²) in [5, 5.41) is 5.19. The van der Waals surface area contributed by atoms with Gasteiger partial charge < -0.3 is 10.3 Å². The number of nitrogens with one attached hydrogen (secondary N) is 2. The number of aromatic nitrogens is 1. The number of hydrogen-bond acceptors (Lipinski definition) is 1. The molecule has 2 atom stereocenters. The van der Waals surface area contributed by atoms with E-state index in [0.717, 1.165) is 4.47 Å². The molecule has 4 rings (SSSR count). The number of fused-ring (bicyclic) bond motifs is 3. The van der Waals surface area contributed by atoms with Crippen molar-refractivity contribution in [3.63, 3.8) is 0 Å². The summed E-state index contributed by atoms with van der Waals surface area (Å²) in [6.07, 6.45) is 3.60. The SMILES string of the molecule is C[C@@H](N[C@H]1CCCc2c1[nH]c1ccc(Br)cc21)c1ccccc1.Cl. The fourth-order valence-corrected chi connectivity index (χ4v) is 4.10. The molecule has 0 radical (unpaired) electrons. The van der Waals surface area contributed by atoms with Crippen molar-refractivity contribution in [2.45, 2.75) is 38.3 Å². The molecule has 24 heavy (non-hydrogen) atoms. The van der Waals surface area contributed by atoms with E-state index in [1.807, 2.05) is 0 Å². The van der Waals surface area contributed by atoms with Crippen molar-refractivity contribution in [3.05, 3.63) is 69.8 Å². The van der Waals surface area contributed by atoms with Gasteiger partial charge in [0.25, 0.3) is 0 Å². The molecule has 0 spiro atoms. The van der Waals surface area contributed by atoms with E-state index in [-0.39, 0.29) is 12.4 Å². The summed E-state index contributed by atoms with van der Waals surface area (Å²) in [5.41, 5.74) is 5.47. The molecule has 1 aliphatic rings. The van der Waals surface area contributed by atoms with E-state index >= 15 is 0 Å². The van der Waals surface area contributed by atoms with Crippen LogP contribution in [0.4, 0.5) is 0 Å². The maximum Gasteiger partial charge on any atom is 0.0480 e. The summed E-state index contributed by atoms with van der Waals surface area (Å²) in [4.78, 5) is 3.67. The molecule has 0 fully saturated rings. The van der Waals surface area contributed by atoms with Crippen LogP contribution in [-0.4, -0.2) is 4.98 Å². The standard InChI is InChI=1S/C20H21BrN2.ClH/c1-13(14-6-3-2-4-7-14)22-19-9-5-8-16-17-12-15(21)10-11-18(17)23-20(16)19;/h2-4,6-7,10-13,19,22-23H,5,8-9H2,1H3;1H/t13-,19+;/m1./s1. The van der Waals surface area contributed by atoms with Crippen LogP contribution >= 0.6 is 28.3 Å². The molecule has 0 bridgehead atoms. The molecule has 0 saturated carbocycles. The van der Waals surface area contributed by atoms with Crippen molar-refractivity contribution < 1.29 is 0 Å². The van der Waals surface area contributed by atoms with E-state index in [0.29, 0.717) is 12.1 Å². The molecular weight excluding hydrogens is 384 g/mol. The van der Waals surface area contributed by atoms with Crippen LogP contribution in [0.15, 0.2) is 53.0 Å². The lowest BCUT2D eigenvalue weighted by molar-refractivity contribution is 0.410. The zero-order valence-corrected chi connectivity index (χ0v) is 16.1. The number of benzene rings is 2. The first kappa shape index (κ1) is 17.5. The number of hydrogen-bond donors (Lipinski definition) is 2. The molecule has 2 N–H and O–H groups in total. The number of rotatable bonds is 3. The Morgan fingerprint density at radius 3 is 2.75 bits per heavy atom. The summed E-state index contributed by atoms with van der Waals surface area (Å²) >= 11 is 3.60. The van der Waals surface area contributed by atoms with Crippen LogP contribution in [-0.2, 0) is 6.42 Å². The molecule has 1 aliphatic carbocycles. The van der Waals surface area contributed by atoms with Crippen LogP contribution < -0.4 is 5.32 Å². The van der Waals surface area contributed by atoms with Gasteiger partial charge in [-0.3, -0.25) is 0 Å². The smallest absolute Gasteiger partial charge is 0.0480 e. The van der Waals surface area contributed by atoms with Gasteiger partial charge in [0, 0.05) is 33.2 Å². The fraction of sp³-hybridized carbons (Fsp3) is 0.300. The third kappa shape index (κ3) is 3.26. The van der Waals surface area contributed by atoms with Crippen molar-refractivity contribution in [3.8, 4) is 0 Å². The van der Waals surface area contributed by atoms with Gasteiger partial charge in [-0.05, 0) is 55.5 Å². The number of aryl methyl sites for hydroxylation is 1. The second-order valence-corrected chi connectivity index (χ2v) is 7.37. The first-order valence-electron chi connectivity index (χ1n) is 8.33. The van der Waals surface area contributed by atoms with Crippen LogP contribution in [0, 0.1) is 0 Å². The molecule has 0 saturated heterocycles. The summed E-state index contributed by atoms with van der Waals surface area (Å²) < 4.78 is 1.15. The number of H-pyrrole nitrogens is 1. The highest BCUT2D eigenvalue weighted by atomic mass is 79.9. The highest BCUT2D eigenvalue weighted by Gasteiger charge is 2.25. The summed E-state index contributed by atoms with van der Waals surface area (Å²) in [6, 6.07) is 18.0. The van der Waals surface area contributed by atoms with Crippen LogP contribution in [0.1, 0.15) is 48.7 Å². The minimum atomic E-state index is 0. The van der Waals surface area contributed by atoms with Crippen LogP contribution in [0.3, 0.4) is 0 Å². The summed E-state index contributed by atoms with van der Waals surface area (Å²) in [5.74, 6) is 0. The topological polar surface area (TPSA) is 27.8 Å². The predicted octanol–water partition coefficient (Wildman–Crippen LogP) is 6.08. The zero-order chi connectivity index (χ0) is 15.8. The van der Waals surface area contributed by atoms with Gasteiger partial charge in [-0.2, -0.15) is 0 Å². The molecule has 0 unspecified atom stereocenters. The molecule has 4 heteroatoms. The Labute approximate surface area is 157 Å². The minimum Gasteiger partial charge on any atom is -0.357 e. The highest BCUT2D eigenvalue weighted by molar-refractivity contribution is 9.10. The van der Waals surface area contributed by atoms with E-state index in [9.17, 15) is 0 Å². The van der Waals surface area contributed by atoms with Gasteiger partial charge in [0.1, 0.15) is 0 Å². The monoisotopic (exact) mass is 404 g/mol. The maximum absolute atomic E-state index is 3.82. The summed E-state index contributed by atoms with van der Waals surface area (Å²) in [7, 11) is 0. The van der Waals surface area contributed by atoms with Crippen molar-refractivity contribution in [1.29, 1.82) is 0 Å². The highest BCUT2D eigenvalue weighted by Crippen LogP contribution is 2.36. The van der Waals surface area contributed by atoms with Gasteiger partial charge in [0.2, 0.25) is 0 Å². The normalized spacial score (nSPS) is 18.0. The quantitative estimate of drug-likeness (QED) is 0.543. The maximum atomic E-state index is 3.82. The first-order valence-corrected chi connectivity index (χ1v) is 9.12. The Bertz CT molecular complexity index is 828. The molecular formula is C20H22BrClN2. The molecule has 2 aromatic carbocycles. The minimum absolute atomic E-state index is 0. The molecule has 0 amide bonds. The lowest BCUT2D eigenvalue weighted by atomic mass is 9.91. The van der Waals surface area contributed by atoms with Gasteiger partial charge in [-0.1, -0.05) is 46.3 Å². The third-order valence-electron chi connectivity index (χ3n) is 4.92. The van der Waals surface area contributed by atoms with Gasteiger partial charge in [-0.25, -0.2) is 0 Å².